The number of ketones is 1. The molecule has 2 heterocycles. The molecule has 1 aromatic heterocycles. The van der Waals surface area contributed by atoms with Crippen LogP contribution in [0.5, 0.6) is 11.5 Å². The normalized spacial score (nSPS) is 12.5. The molecule has 0 N–H and O–H groups in total. The van der Waals surface area contributed by atoms with Crippen molar-refractivity contribution >= 4 is 40.8 Å². The van der Waals surface area contributed by atoms with Crippen molar-refractivity contribution in [3.8, 4) is 11.5 Å². The Balaban J connectivity index is 1.44. The summed E-state index contributed by atoms with van der Waals surface area (Å²) in [4.78, 5) is 24.3. The van der Waals surface area contributed by atoms with Crippen molar-refractivity contribution in [2.45, 2.75) is 12.8 Å². The van der Waals surface area contributed by atoms with Crippen molar-refractivity contribution in [2.75, 3.05) is 13.4 Å². The molecule has 0 saturated heterocycles. The number of fused-ring (bicyclic) bond motifs is 1. The zero-order chi connectivity index (χ0) is 17.6. The Labute approximate surface area is 153 Å². The molecule has 3 rings (SSSR count). The Bertz CT molecular complexity index is 798. The molecule has 0 radical (unpaired) electrons. The SMILES string of the molecule is O=C(/C=C/c1cc(Cl)c2c(c1)OCO2)OCCCC(=O)c1cccs1. The van der Waals surface area contributed by atoms with E-state index >= 15 is 0 Å². The van der Waals surface area contributed by atoms with Gasteiger partial charge in [0.1, 0.15) is 0 Å². The third kappa shape index (κ3) is 4.61. The molecular weight excluding hydrogens is 364 g/mol. The van der Waals surface area contributed by atoms with Gasteiger partial charge in [-0.05, 0) is 41.6 Å². The van der Waals surface area contributed by atoms with Crippen molar-refractivity contribution in [1.29, 1.82) is 0 Å². The van der Waals surface area contributed by atoms with Crippen molar-refractivity contribution in [2.24, 2.45) is 0 Å². The molecule has 25 heavy (non-hydrogen) atoms. The number of benzene rings is 1. The van der Waals surface area contributed by atoms with E-state index in [1.807, 2.05) is 11.4 Å². The number of thiophene rings is 1. The number of hydrogen-bond donors (Lipinski definition) is 0. The molecule has 0 saturated carbocycles. The van der Waals surface area contributed by atoms with Crippen LogP contribution in [0.1, 0.15) is 28.1 Å². The molecule has 0 amide bonds. The molecule has 0 fully saturated rings. The van der Waals surface area contributed by atoms with E-state index in [9.17, 15) is 9.59 Å². The van der Waals surface area contributed by atoms with Crippen molar-refractivity contribution in [1.82, 2.24) is 0 Å². The molecule has 0 aliphatic carbocycles. The van der Waals surface area contributed by atoms with Gasteiger partial charge in [0.25, 0.3) is 0 Å². The lowest BCUT2D eigenvalue weighted by Gasteiger charge is -2.02. The average molecular weight is 379 g/mol. The van der Waals surface area contributed by atoms with Crippen LogP contribution in [-0.2, 0) is 9.53 Å². The van der Waals surface area contributed by atoms with Crippen LogP contribution in [0, 0.1) is 0 Å². The highest BCUT2D eigenvalue weighted by Gasteiger charge is 2.17. The number of rotatable bonds is 7. The van der Waals surface area contributed by atoms with Crippen LogP contribution in [-0.4, -0.2) is 25.2 Å². The average Bonchev–Trinajstić information content (AvgIpc) is 3.28. The predicted molar refractivity (Wildman–Crippen MR) is 95.5 cm³/mol. The van der Waals surface area contributed by atoms with Gasteiger partial charge in [-0.2, -0.15) is 0 Å². The van der Waals surface area contributed by atoms with E-state index in [1.165, 1.54) is 17.4 Å². The summed E-state index contributed by atoms with van der Waals surface area (Å²) in [6.45, 7) is 0.330. The van der Waals surface area contributed by atoms with E-state index in [2.05, 4.69) is 0 Å². The fourth-order valence-electron chi connectivity index (χ4n) is 2.26. The van der Waals surface area contributed by atoms with Crippen LogP contribution < -0.4 is 9.47 Å². The maximum Gasteiger partial charge on any atom is 0.330 e. The van der Waals surface area contributed by atoms with Gasteiger partial charge in [0.2, 0.25) is 6.79 Å². The molecule has 0 spiro atoms. The van der Waals surface area contributed by atoms with Gasteiger partial charge in [-0.3, -0.25) is 4.79 Å². The molecule has 0 atom stereocenters. The van der Waals surface area contributed by atoms with Crippen molar-refractivity contribution in [3.63, 3.8) is 0 Å². The summed E-state index contributed by atoms with van der Waals surface area (Å²) < 4.78 is 15.6. The van der Waals surface area contributed by atoms with Gasteiger partial charge in [0.05, 0.1) is 16.5 Å². The lowest BCUT2D eigenvalue weighted by atomic mass is 10.2. The Morgan fingerprint density at radius 3 is 3.00 bits per heavy atom. The minimum Gasteiger partial charge on any atom is -0.463 e. The summed E-state index contributed by atoms with van der Waals surface area (Å²) in [5.74, 6) is 0.651. The third-order valence-corrected chi connectivity index (χ3v) is 4.64. The van der Waals surface area contributed by atoms with Gasteiger partial charge in [-0.1, -0.05) is 17.7 Å². The minimum atomic E-state index is -0.475. The molecule has 1 aromatic carbocycles. The van der Waals surface area contributed by atoms with Crippen LogP contribution in [0.15, 0.2) is 35.7 Å². The molecule has 130 valence electrons. The van der Waals surface area contributed by atoms with Crippen LogP contribution in [0.4, 0.5) is 0 Å². The third-order valence-electron chi connectivity index (χ3n) is 3.45. The molecule has 0 bridgehead atoms. The quantitative estimate of drug-likeness (QED) is 0.310. The zero-order valence-electron chi connectivity index (χ0n) is 13.2. The number of halogens is 1. The van der Waals surface area contributed by atoms with E-state index in [4.69, 9.17) is 25.8 Å². The van der Waals surface area contributed by atoms with E-state index in [0.29, 0.717) is 34.9 Å². The molecule has 1 aliphatic rings. The standard InChI is InChI=1S/C18H15ClO5S/c19-13-9-12(10-15-18(13)24-11-23-15)5-6-17(21)22-7-1-3-14(20)16-4-2-8-25-16/h2,4-6,8-10H,1,3,7,11H2/b6-5+. The van der Waals surface area contributed by atoms with Gasteiger partial charge in [-0.15, -0.1) is 11.3 Å². The Morgan fingerprint density at radius 1 is 1.32 bits per heavy atom. The first kappa shape index (κ1) is 17.5. The lowest BCUT2D eigenvalue weighted by molar-refractivity contribution is -0.137. The predicted octanol–water partition coefficient (Wildman–Crippen LogP) is 4.35. The maximum atomic E-state index is 11.8. The number of hydrogen-bond acceptors (Lipinski definition) is 6. The van der Waals surface area contributed by atoms with Crippen LogP contribution in [0.3, 0.4) is 0 Å². The first-order chi connectivity index (χ1) is 12.1. The first-order valence-corrected chi connectivity index (χ1v) is 8.90. The van der Waals surface area contributed by atoms with E-state index in [0.717, 1.165) is 4.88 Å². The summed E-state index contributed by atoms with van der Waals surface area (Å²) in [7, 11) is 0. The zero-order valence-corrected chi connectivity index (χ0v) is 14.8. The summed E-state index contributed by atoms with van der Waals surface area (Å²) in [5, 5.41) is 2.29. The Hall–Kier alpha value is -2.31. The van der Waals surface area contributed by atoms with Crippen molar-refractivity contribution in [3.05, 3.63) is 51.2 Å². The second-order valence-electron chi connectivity index (χ2n) is 5.24. The number of Topliss-reactive ketones (excluding diaryl/α,β-unsaturated/α-hetero) is 1. The van der Waals surface area contributed by atoms with Crippen LogP contribution in [0.2, 0.25) is 5.02 Å². The molecule has 1 aliphatic heterocycles. The number of esters is 1. The van der Waals surface area contributed by atoms with E-state index in [1.54, 1.807) is 24.3 Å². The molecule has 7 heteroatoms. The number of ether oxygens (including phenoxy) is 3. The fraction of sp³-hybridized carbons (Fsp3) is 0.222. The Kier molecular flexibility index (Phi) is 5.73. The summed E-state index contributed by atoms with van der Waals surface area (Å²) in [6, 6.07) is 7.04. The smallest absolute Gasteiger partial charge is 0.330 e. The van der Waals surface area contributed by atoms with Gasteiger partial charge >= 0.3 is 5.97 Å². The molecular formula is C18H15ClO5S. The molecule has 2 aromatic rings. The topological polar surface area (TPSA) is 61.8 Å². The highest BCUT2D eigenvalue weighted by molar-refractivity contribution is 7.12. The molecule has 0 unspecified atom stereocenters. The van der Waals surface area contributed by atoms with Gasteiger partial charge in [0, 0.05) is 12.5 Å². The largest absolute Gasteiger partial charge is 0.463 e. The number of carbonyl (C=O) groups excluding carboxylic acids is 2. The van der Waals surface area contributed by atoms with Crippen LogP contribution in [0.25, 0.3) is 6.08 Å². The highest BCUT2D eigenvalue weighted by Crippen LogP contribution is 2.40. The minimum absolute atomic E-state index is 0.0663. The second kappa shape index (κ2) is 8.18. The summed E-state index contributed by atoms with van der Waals surface area (Å²) in [6.07, 6.45) is 3.75. The first-order valence-electron chi connectivity index (χ1n) is 7.64. The maximum absolute atomic E-state index is 11.8. The fourth-order valence-corrected chi connectivity index (χ4v) is 3.23. The van der Waals surface area contributed by atoms with Gasteiger partial charge < -0.3 is 14.2 Å². The second-order valence-corrected chi connectivity index (χ2v) is 6.60. The number of carbonyl (C=O) groups is 2. The lowest BCUT2D eigenvalue weighted by Crippen LogP contribution is -2.05. The van der Waals surface area contributed by atoms with E-state index in [-0.39, 0.29) is 19.2 Å². The van der Waals surface area contributed by atoms with Gasteiger partial charge in [-0.25, -0.2) is 4.79 Å². The van der Waals surface area contributed by atoms with Crippen molar-refractivity contribution < 1.29 is 23.8 Å². The van der Waals surface area contributed by atoms with Gasteiger partial charge in [0.15, 0.2) is 17.3 Å². The molecule has 5 nitrogen and oxygen atoms in total. The summed E-state index contributed by atoms with van der Waals surface area (Å²) in [5.41, 5.74) is 0.707. The van der Waals surface area contributed by atoms with E-state index < -0.39 is 5.97 Å². The Morgan fingerprint density at radius 2 is 2.20 bits per heavy atom. The summed E-state index contributed by atoms with van der Waals surface area (Å²) >= 11 is 7.49. The van der Waals surface area contributed by atoms with Crippen LogP contribution >= 0.6 is 22.9 Å². The highest BCUT2D eigenvalue weighted by atomic mass is 35.5. The monoisotopic (exact) mass is 378 g/mol.